The van der Waals surface area contributed by atoms with Gasteiger partial charge in [0.05, 0.1) is 17.9 Å². The van der Waals surface area contributed by atoms with Crippen LogP contribution in [0.3, 0.4) is 0 Å². The first-order valence-electron chi connectivity index (χ1n) is 10.2. The number of benzene rings is 1. The number of hydrogen-bond acceptors (Lipinski definition) is 9. The molecule has 2 aliphatic heterocycles. The number of nitrogens with one attached hydrogen (secondary N) is 1. The Hall–Kier alpha value is -3.04. The van der Waals surface area contributed by atoms with E-state index in [-0.39, 0.29) is 6.04 Å². The maximum absolute atomic E-state index is 10.9. The van der Waals surface area contributed by atoms with Gasteiger partial charge in [0.2, 0.25) is 12.3 Å². The van der Waals surface area contributed by atoms with Gasteiger partial charge in [0.1, 0.15) is 5.69 Å². The zero-order chi connectivity index (χ0) is 20.8. The molecule has 1 atom stereocenters. The summed E-state index contributed by atoms with van der Waals surface area (Å²) in [5, 5.41) is 23.3. The van der Waals surface area contributed by atoms with E-state index < -0.39 is 6.35 Å². The quantitative estimate of drug-likeness (QED) is 0.678. The predicted molar refractivity (Wildman–Crippen MR) is 117 cm³/mol. The summed E-state index contributed by atoms with van der Waals surface area (Å²) in [4.78, 5) is 15.5. The van der Waals surface area contributed by atoms with Crippen molar-refractivity contribution in [3.8, 4) is 0 Å². The first kappa shape index (κ1) is 19.0. The Morgan fingerprint density at radius 1 is 1.17 bits per heavy atom. The minimum atomic E-state index is -0.723. The molecule has 156 valence electrons. The molecule has 1 aromatic carbocycles. The topological polar surface area (TPSA) is 93.5 Å². The van der Waals surface area contributed by atoms with Gasteiger partial charge in [-0.3, -0.25) is 0 Å². The summed E-state index contributed by atoms with van der Waals surface area (Å²) in [5.41, 5.74) is 3.66. The number of aromatic nitrogens is 4. The van der Waals surface area contributed by atoms with E-state index in [9.17, 15) is 5.11 Å². The van der Waals surface area contributed by atoms with Crippen molar-refractivity contribution in [1.82, 2.24) is 25.1 Å². The van der Waals surface area contributed by atoms with Gasteiger partial charge in [-0.1, -0.05) is 0 Å². The van der Waals surface area contributed by atoms with Crippen LogP contribution < -0.4 is 15.1 Å². The maximum Gasteiger partial charge on any atom is 0.229 e. The Morgan fingerprint density at radius 2 is 1.97 bits per heavy atom. The number of aryl methyl sites for hydroxylation is 1. The summed E-state index contributed by atoms with van der Waals surface area (Å²) < 4.78 is 0. The van der Waals surface area contributed by atoms with Crippen molar-refractivity contribution in [2.75, 3.05) is 42.3 Å². The zero-order valence-electron chi connectivity index (χ0n) is 17.4. The van der Waals surface area contributed by atoms with Gasteiger partial charge in [0, 0.05) is 24.2 Å². The standard InChI is InChI=1S/C21H26N8O/c1-13-10-17-14(4-7-23-26-17)11-16(13)24-20-22-12-18-19(25-20)29(21(30)28(18)3)15-5-8-27(2)9-6-15/h4,7,10-12,15,21,30H,5-6,8-9H2,1-3H3,(H,22,24,25). The fourth-order valence-corrected chi connectivity index (χ4v) is 4.31. The van der Waals surface area contributed by atoms with E-state index in [0.29, 0.717) is 5.95 Å². The second kappa shape index (κ2) is 7.33. The lowest BCUT2D eigenvalue weighted by Crippen LogP contribution is -2.50. The number of anilines is 4. The normalized spacial score (nSPS) is 20.1. The SMILES string of the molecule is Cc1cc2nnccc2cc1Nc1ncc2c(n1)N(C1CCN(C)CC1)C(O)N2C. The second-order valence-electron chi connectivity index (χ2n) is 8.18. The fraction of sp³-hybridized carbons (Fsp3) is 0.429. The molecule has 1 saturated heterocycles. The Kier molecular flexibility index (Phi) is 4.63. The van der Waals surface area contributed by atoms with Crippen LogP contribution in [0.2, 0.25) is 0 Å². The van der Waals surface area contributed by atoms with Crippen LogP contribution in [0.15, 0.2) is 30.6 Å². The van der Waals surface area contributed by atoms with E-state index in [2.05, 4.69) is 32.4 Å². The summed E-state index contributed by atoms with van der Waals surface area (Å²) >= 11 is 0. The predicted octanol–water partition coefficient (Wildman–Crippen LogP) is 2.10. The van der Waals surface area contributed by atoms with Gasteiger partial charge in [0.15, 0.2) is 5.82 Å². The number of fused-ring (bicyclic) bond motifs is 2. The van der Waals surface area contributed by atoms with Crippen LogP contribution in [0.25, 0.3) is 10.9 Å². The van der Waals surface area contributed by atoms with E-state index in [4.69, 9.17) is 4.98 Å². The Bertz CT molecular complexity index is 1080. The van der Waals surface area contributed by atoms with Crippen LogP contribution >= 0.6 is 0 Å². The number of aliphatic hydroxyl groups is 1. The van der Waals surface area contributed by atoms with Crippen molar-refractivity contribution in [3.63, 3.8) is 0 Å². The number of hydrogen-bond donors (Lipinski definition) is 2. The lowest BCUT2D eigenvalue weighted by Gasteiger charge is -2.38. The summed E-state index contributed by atoms with van der Waals surface area (Å²) in [7, 11) is 4.02. The van der Waals surface area contributed by atoms with Gasteiger partial charge in [-0.2, -0.15) is 15.2 Å². The molecule has 9 heteroatoms. The van der Waals surface area contributed by atoms with Gasteiger partial charge >= 0.3 is 0 Å². The number of likely N-dealkylation sites (tertiary alicyclic amines) is 1. The monoisotopic (exact) mass is 406 g/mol. The van der Waals surface area contributed by atoms with Gasteiger partial charge < -0.3 is 25.1 Å². The highest BCUT2D eigenvalue weighted by molar-refractivity contribution is 5.84. The van der Waals surface area contributed by atoms with Crippen molar-refractivity contribution in [3.05, 3.63) is 36.2 Å². The van der Waals surface area contributed by atoms with Crippen molar-refractivity contribution >= 4 is 34.0 Å². The summed E-state index contributed by atoms with van der Waals surface area (Å²) in [5.74, 6) is 1.29. The van der Waals surface area contributed by atoms with Crippen molar-refractivity contribution < 1.29 is 5.11 Å². The summed E-state index contributed by atoms with van der Waals surface area (Å²) in [6.07, 6.45) is 4.74. The molecule has 1 fully saturated rings. The smallest absolute Gasteiger partial charge is 0.229 e. The molecular formula is C21H26N8O. The van der Waals surface area contributed by atoms with Gasteiger partial charge in [-0.25, -0.2) is 4.98 Å². The van der Waals surface area contributed by atoms with E-state index >= 15 is 0 Å². The van der Waals surface area contributed by atoms with Gasteiger partial charge in [-0.15, -0.1) is 0 Å². The molecule has 2 aromatic heterocycles. The first-order chi connectivity index (χ1) is 14.5. The lowest BCUT2D eigenvalue weighted by atomic mass is 10.0. The van der Waals surface area contributed by atoms with Crippen molar-refractivity contribution in [1.29, 1.82) is 0 Å². The molecular weight excluding hydrogens is 380 g/mol. The highest BCUT2D eigenvalue weighted by Gasteiger charge is 2.39. The molecule has 0 aliphatic carbocycles. The molecule has 0 bridgehead atoms. The van der Waals surface area contributed by atoms with Crippen LogP contribution in [-0.4, -0.2) is 69.8 Å². The molecule has 9 nitrogen and oxygen atoms in total. The summed E-state index contributed by atoms with van der Waals surface area (Å²) in [6.45, 7) is 4.05. The van der Waals surface area contributed by atoms with E-state index in [1.807, 2.05) is 42.0 Å². The molecule has 30 heavy (non-hydrogen) atoms. The minimum absolute atomic E-state index is 0.253. The molecule has 5 rings (SSSR count). The van der Waals surface area contributed by atoms with Gasteiger partial charge in [-0.05, 0) is 63.7 Å². The Morgan fingerprint density at radius 3 is 2.77 bits per heavy atom. The Labute approximate surface area is 175 Å². The molecule has 1 unspecified atom stereocenters. The average Bonchev–Trinajstić information content (AvgIpc) is 2.99. The number of rotatable bonds is 3. The van der Waals surface area contributed by atoms with E-state index in [1.165, 1.54) is 0 Å². The van der Waals surface area contributed by atoms with E-state index in [1.54, 1.807) is 12.4 Å². The number of aliphatic hydroxyl groups excluding tert-OH is 1. The highest BCUT2D eigenvalue weighted by atomic mass is 16.3. The maximum atomic E-state index is 10.9. The third-order valence-electron chi connectivity index (χ3n) is 6.16. The fourth-order valence-electron chi connectivity index (χ4n) is 4.31. The molecule has 4 heterocycles. The van der Waals surface area contributed by atoms with E-state index in [0.717, 1.165) is 59.6 Å². The molecule has 0 saturated carbocycles. The van der Waals surface area contributed by atoms with Gasteiger partial charge in [0.25, 0.3) is 0 Å². The lowest BCUT2D eigenvalue weighted by molar-refractivity contribution is 0.147. The van der Waals surface area contributed by atoms with Crippen LogP contribution in [0, 0.1) is 6.92 Å². The Balaban J connectivity index is 1.47. The minimum Gasteiger partial charge on any atom is -0.356 e. The zero-order valence-corrected chi connectivity index (χ0v) is 17.4. The number of piperidine rings is 1. The van der Waals surface area contributed by atoms with Crippen LogP contribution in [0.1, 0.15) is 18.4 Å². The van der Waals surface area contributed by atoms with Crippen molar-refractivity contribution in [2.45, 2.75) is 32.2 Å². The first-order valence-corrected chi connectivity index (χ1v) is 10.2. The third kappa shape index (κ3) is 3.20. The highest BCUT2D eigenvalue weighted by Crippen LogP contribution is 2.39. The number of nitrogens with zero attached hydrogens (tertiary/aromatic N) is 7. The molecule has 2 N–H and O–H groups in total. The second-order valence-corrected chi connectivity index (χ2v) is 8.18. The van der Waals surface area contributed by atoms with Crippen LogP contribution in [0.4, 0.5) is 23.1 Å². The molecule has 0 spiro atoms. The van der Waals surface area contributed by atoms with Crippen LogP contribution in [-0.2, 0) is 0 Å². The molecule has 0 amide bonds. The third-order valence-corrected chi connectivity index (χ3v) is 6.16. The average molecular weight is 406 g/mol. The summed E-state index contributed by atoms with van der Waals surface area (Å²) in [6, 6.07) is 6.22. The van der Waals surface area contributed by atoms with Crippen molar-refractivity contribution in [2.24, 2.45) is 0 Å². The molecule has 2 aliphatic rings. The molecule has 3 aromatic rings. The van der Waals surface area contributed by atoms with Crippen LogP contribution in [0.5, 0.6) is 0 Å². The largest absolute Gasteiger partial charge is 0.356 e. The molecule has 0 radical (unpaired) electrons.